The van der Waals surface area contributed by atoms with E-state index in [1.807, 2.05) is 29.5 Å². The van der Waals surface area contributed by atoms with Crippen LogP contribution < -0.4 is 16.1 Å². The summed E-state index contributed by atoms with van der Waals surface area (Å²) >= 11 is 0. The third kappa shape index (κ3) is 4.76. The predicted octanol–water partition coefficient (Wildman–Crippen LogP) is -0.949. The molecule has 0 aliphatic carbocycles. The third-order valence-corrected chi connectivity index (χ3v) is 2.37. The Kier molecular flexibility index (Phi) is 5.49. The molecule has 7 nitrogen and oxygen atoms in total. The molecule has 19 heavy (non-hydrogen) atoms. The molecule has 0 saturated heterocycles. The number of hydrogen-bond acceptors (Lipinski definition) is 5. The number of amides is 2. The lowest BCUT2D eigenvalue weighted by Gasteiger charge is -2.17. The molecule has 0 bridgehead atoms. The van der Waals surface area contributed by atoms with E-state index in [4.69, 9.17) is 10.8 Å². The van der Waals surface area contributed by atoms with Crippen LogP contribution in [0, 0.1) is 0 Å². The van der Waals surface area contributed by atoms with Gasteiger partial charge in [0.25, 0.3) is 0 Å². The van der Waals surface area contributed by atoms with E-state index in [2.05, 4.69) is 5.10 Å². The molecule has 0 aliphatic heterocycles. The molecule has 0 aromatic heterocycles. The fourth-order valence-electron chi connectivity index (χ4n) is 1.31. The van der Waals surface area contributed by atoms with Gasteiger partial charge < -0.3 is 15.7 Å². The predicted molar refractivity (Wildman–Crippen MR) is 71.7 cm³/mol. The molecule has 0 fully saturated rings. The number of benzene rings is 1. The first-order valence-electron chi connectivity index (χ1n) is 5.59. The monoisotopic (exact) mass is 264 g/mol. The van der Waals surface area contributed by atoms with Gasteiger partial charge >= 0.3 is 11.8 Å². The van der Waals surface area contributed by atoms with E-state index in [-0.39, 0.29) is 6.61 Å². The second kappa shape index (κ2) is 7.12. The van der Waals surface area contributed by atoms with Crippen LogP contribution in [0.3, 0.4) is 0 Å². The molecular weight excluding hydrogens is 248 g/mol. The Balaban J connectivity index is 2.59. The number of anilines is 1. The number of nitrogens with zero attached hydrogens (tertiary/aromatic N) is 2. The van der Waals surface area contributed by atoms with Crippen LogP contribution in [0.15, 0.2) is 29.4 Å². The summed E-state index contributed by atoms with van der Waals surface area (Å²) in [5.74, 6) is -2.05. The zero-order chi connectivity index (χ0) is 14.3. The first-order valence-corrected chi connectivity index (χ1v) is 5.59. The van der Waals surface area contributed by atoms with Crippen molar-refractivity contribution in [2.45, 2.75) is 0 Å². The smallest absolute Gasteiger partial charge is 0.329 e. The minimum Gasteiger partial charge on any atom is -0.395 e. The Morgan fingerprint density at radius 1 is 1.42 bits per heavy atom. The number of rotatable bonds is 5. The summed E-state index contributed by atoms with van der Waals surface area (Å²) in [4.78, 5) is 23.2. The molecule has 0 aliphatic rings. The van der Waals surface area contributed by atoms with Gasteiger partial charge in [-0.2, -0.15) is 5.10 Å². The third-order valence-electron chi connectivity index (χ3n) is 2.37. The molecular formula is C12H16N4O3. The molecule has 4 N–H and O–H groups in total. The van der Waals surface area contributed by atoms with E-state index in [0.717, 1.165) is 11.3 Å². The number of primary amides is 1. The van der Waals surface area contributed by atoms with Crippen LogP contribution in [0.25, 0.3) is 0 Å². The van der Waals surface area contributed by atoms with Gasteiger partial charge in [0.1, 0.15) is 0 Å². The first kappa shape index (κ1) is 14.7. The lowest BCUT2D eigenvalue weighted by atomic mass is 10.2. The Morgan fingerprint density at radius 3 is 2.58 bits per heavy atom. The molecule has 102 valence electrons. The van der Waals surface area contributed by atoms with Crippen LogP contribution in [0.1, 0.15) is 5.56 Å². The largest absolute Gasteiger partial charge is 0.395 e. The summed E-state index contributed by atoms with van der Waals surface area (Å²) < 4.78 is 0. The summed E-state index contributed by atoms with van der Waals surface area (Å²) in [6.07, 6.45) is 1.40. The zero-order valence-corrected chi connectivity index (χ0v) is 10.5. The highest BCUT2D eigenvalue weighted by Crippen LogP contribution is 2.12. The van der Waals surface area contributed by atoms with E-state index in [0.29, 0.717) is 6.54 Å². The van der Waals surface area contributed by atoms with Gasteiger partial charge in [-0.25, -0.2) is 5.43 Å². The van der Waals surface area contributed by atoms with E-state index in [1.165, 1.54) is 6.21 Å². The van der Waals surface area contributed by atoms with Crippen LogP contribution >= 0.6 is 0 Å². The van der Waals surface area contributed by atoms with Crippen LogP contribution in [0.5, 0.6) is 0 Å². The number of likely N-dealkylation sites (N-methyl/N-ethyl adjacent to an activating group) is 1. The zero-order valence-electron chi connectivity index (χ0n) is 10.5. The highest BCUT2D eigenvalue weighted by molar-refractivity contribution is 6.34. The van der Waals surface area contributed by atoms with Gasteiger partial charge in [0.15, 0.2) is 0 Å². The second-order valence-electron chi connectivity index (χ2n) is 3.80. The fraction of sp³-hybridized carbons (Fsp3) is 0.250. The van der Waals surface area contributed by atoms with Crippen molar-refractivity contribution in [1.29, 1.82) is 0 Å². The highest BCUT2D eigenvalue weighted by atomic mass is 16.3. The summed E-state index contributed by atoms with van der Waals surface area (Å²) in [6, 6.07) is 7.30. The van der Waals surface area contributed by atoms with Crippen LogP contribution in [-0.4, -0.2) is 43.3 Å². The lowest BCUT2D eigenvalue weighted by molar-refractivity contribution is -0.137. The summed E-state index contributed by atoms with van der Waals surface area (Å²) in [5.41, 5.74) is 8.45. The number of hydrogen-bond donors (Lipinski definition) is 3. The molecule has 0 atom stereocenters. The van der Waals surface area contributed by atoms with Crippen molar-refractivity contribution in [3.8, 4) is 0 Å². The Morgan fingerprint density at radius 2 is 2.05 bits per heavy atom. The van der Waals surface area contributed by atoms with Crippen LogP contribution in [-0.2, 0) is 9.59 Å². The van der Waals surface area contributed by atoms with E-state index in [9.17, 15) is 9.59 Å². The van der Waals surface area contributed by atoms with Crippen molar-refractivity contribution in [3.63, 3.8) is 0 Å². The molecule has 0 heterocycles. The molecule has 7 heteroatoms. The van der Waals surface area contributed by atoms with Gasteiger partial charge in [0, 0.05) is 19.3 Å². The Labute approximate surface area is 110 Å². The minimum absolute atomic E-state index is 0.0822. The van der Waals surface area contributed by atoms with E-state index < -0.39 is 11.8 Å². The maximum Gasteiger partial charge on any atom is 0.329 e. The molecule has 0 radical (unpaired) electrons. The van der Waals surface area contributed by atoms with Crippen LogP contribution in [0.2, 0.25) is 0 Å². The molecule has 1 aromatic carbocycles. The van der Waals surface area contributed by atoms with Crippen molar-refractivity contribution in [3.05, 3.63) is 29.8 Å². The molecule has 2 amide bonds. The molecule has 1 rings (SSSR count). The summed E-state index contributed by atoms with van der Waals surface area (Å²) in [7, 11) is 1.87. The summed E-state index contributed by atoms with van der Waals surface area (Å²) in [6.45, 7) is 0.626. The number of carbonyl (C=O) groups excluding carboxylic acids is 2. The van der Waals surface area contributed by atoms with Crippen molar-refractivity contribution in [1.82, 2.24) is 5.43 Å². The van der Waals surface area contributed by atoms with Gasteiger partial charge in [-0.3, -0.25) is 9.59 Å². The standard InChI is InChI=1S/C12H16N4O3/c1-16(6-7-17)10-4-2-9(3-5-10)8-14-15-12(19)11(13)18/h2-5,8,17H,6-7H2,1H3,(H2,13,18)(H,15,19)/b14-8+. The lowest BCUT2D eigenvalue weighted by Crippen LogP contribution is -2.32. The molecule has 0 saturated carbocycles. The molecule has 0 unspecified atom stereocenters. The van der Waals surface area contributed by atoms with E-state index >= 15 is 0 Å². The normalized spacial score (nSPS) is 10.4. The van der Waals surface area contributed by atoms with Gasteiger partial charge in [0.05, 0.1) is 12.8 Å². The minimum atomic E-state index is -1.09. The molecule has 0 spiro atoms. The van der Waals surface area contributed by atoms with Crippen LogP contribution in [0.4, 0.5) is 5.69 Å². The van der Waals surface area contributed by atoms with Gasteiger partial charge in [-0.05, 0) is 17.7 Å². The van der Waals surface area contributed by atoms with Crippen molar-refractivity contribution in [2.24, 2.45) is 10.8 Å². The van der Waals surface area contributed by atoms with Crippen molar-refractivity contribution < 1.29 is 14.7 Å². The van der Waals surface area contributed by atoms with Gasteiger partial charge in [-0.15, -0.1) is 0 Å². The Bertz CT molecular complexity index is 470. The van der Waals surface area contributed by atoms with Crippen molar-refractivity contribution >= 4 is 23.7 Å². The highest BCUT2D eigenvalue weighted by Gasteiger charge is 2.05. The van der Waals surface area contributed by atoms with Gasteiger partial charge in [-0.1, -0.05) is 12.1 Å². The maximum absolute atomic E-state index is 10.8. The quantitative estimate of drug-likeness (QED) is 0.362. The topological polar surface area (TPSA) is 108 Å². The summed E-state index contributed by atoms with van der Waals surface area (Å²) in [5, 5.41) is 12.4. The number of aliphatic hydroxyl groups excluding tert-OH is 1. The molecule has 1 aromatic rings. The average molecular weight is 264 g/mol. The number of hydrazone groups is 1. The SMILES string of the molecule is CN(CCO)c1ccc(/C=N/NC(=O)C(N)=O)cc1. The average Bonchev–Trinajstić information content (AvgIpc) is 2.39. The van der Waals surface area contributed by atoms with Gasteiger partial charge in [0.2, 0.25) is 0 Å². The maximum atomic E-state index is 10.8. The number of nitrogens with two attached hydrogens (primary N) is 1. The number of nitrogens with one attached hydrogen (secondary N) is 1. The first-order chi connectivity index (χ1) is 9.04. The number of carbonyl (C=O) groups is 2. The van der Waals surface area contributed by atoms with Crippen molar-refractivity contribution in [2.75, 3.05) is 25.1 Å². The fourth-order valence-corrected chi connectivity index (χ4v) is 1.31. The van der Waals surface area contributed by atoms with E-state index in [1.54, 1.807) is 12.1 Å². The Hall–Kier alpha value is -2.41. The number of aliphatic hydroxyl groups is 1. The second-order valence-corrected chi connectivity index (χ2v) is 3.80.